The van der Waals surface area contributed by atoms with Crippen molar-refractivity contribution < 1.29 is 19.0 Å². The summed E-state index contributed by atoms with van der Waals surface area (Å²) in [6, 6.07) is 4.20. The minimum atomic E-state index is -0.803. The van der Waals surface area contributed by atoms with E-state index in [0.29, 0.717) is 5.56 Å². The molecule has 2 N–H and O–H groups in total. The number of halogens is 1. The van der Waals surface area contributed by atoms with E-state index in [9.17, 15) is 14.3 Å². The molecule has 0 fully saturated rings. The second-order valence-electron chi connectivity index (χ2n) is 5.85. The lowest BCUT2D eigenvalue weighted by molar-refractivity contribution is -0.129. The predicted octanol–water partition coefficient (Wildman–Crippen LogP) is 2.95. The van der Waals surface area contributed by atoms with E-state index in [1.165, 1.54) is 12.1 Å². The fourth-order valence-corrected chi connectivity index (χ4v) is 1.64. The number of ether oxygens (including phenoxy) is 1. The Hall–Kier alpha value is -1.62. The third-order valence-electron chi connectivity index (χ3n) is 3.46. The highest BCUT2D eigenvalue weighted by Gasteiger charge is 2.23. The molecule has 0 saturated carbocycles. The van der Waals surface area contributed by atoms with Gasteiger partial charge in [0.15, 0.2) is 17.7 Å². The topological polar surface area (TPSA) is 58.6 Å². The van der Waals surface area contributed by atoms with E-state index in [2.05, 4.69) is 5.32 Å². The molecule has 0 bridgehead atoms. The molecule has 0 spiro atoms. The molecule has 1 rings (SSSR count). The molecule has 0 aliphatic heterocycles. The van der Waals surface area contributed by atoms with Gasteiger partial charge in [-0.3, -0.25) is 4.79 Å². The Morgan fingerprint density at radius 2 is 2.05 bits per heavy atom. The van der Waals surface area contributed by atoms with Crippen molar-refractivity contribution >= 4 is 5.91 Å². The molecule has 1 amide bonds. The minimum absolute atomic E-state index is 0.00338. The van der Waals surface area contributed by atoms with Gasteiger partial charge in [0.1, 0.15) is 0 Å². The lowest BCUT2D eigenvalue weighted by atomic mass is 10.0. The van der Waals surface area contributed by atoms with Crippen molar-refractivity contribution in [3.05, 3.63) is 29.6 Å². The number of amides is 1. The van der Waals surface area contributed by atoms with Crippen LogP contribution in [0.3, 0.4) is 0 Å². The van der Waals surface area contributed by atoms with E-state index in [1.807, 2.05) is 20.8 Å². The number of aliphatic hydroxyl groups excluding tert-OH is 1. The number of hydrogen-bond donors (Lipinski definition) is 2. The van der Waals surface area contributed by atoms with Gasteiger partial charge in [-0.25, -0.2) is 4.39 Å². The van der Waals surface area contributed by atoms with Crippen LogP contribution in [0.1, 0.15) is 52.7 Å². The summed E-state index contributed by atoms with van der Waals surface area (Å²) in [4.78, 5) is 12.0. The Kier molecular flexibility index (Phi) is 5.72. The van der Waals surface area contributed by atoms with Crippen LogP contribution in [0.5, 0.6) is 5.75 Å². The summed E-state index contributed by atoms with van der Waals surface area (Å²) in [5, 5.41) is 12.2. The van der Waals surface area contributed by atoms with Gasteiger partial charge in [0.05, 0.1) is 6.10 Å². The lowest BCUT2D eigenvalue weighted by Gasteiger charge is -2.26. The molecular formula is C16H24FNO3. The average molecular weight is 297 g/mol. The molecule has 1 unspecified atom stereocenters. The van der Waals surface area contributed by atoms with E-state index in [1.54, 1.807) is 19.9 Å². The Balaban J connectivity index is 2.75. The summed E-state index contributed by atoms with van der Waals surface area (Å²) >= 11 is 0. The summed E-state index contributed by atoms with van der Waals surface area (Å²) in [6.07, 6.45) is -0.773. The number of benzene rings is 1. The van der Waals surface area contributed by atoms with Gasteiger partial charge < -0.3 is 15.2 Å². The van der Waals surface area contributed by atoms with Crippen molar-refractivity contribution in [2.75, 3.05) is 0 Å². The molecule has 0 aromatic heterocycles. The Morgan fingerprint density at radius 1 is 1.43 bits per heavy atom. The first kappa shape index (κ1) is 17.4. The highest BCUT2D eigenvalue weighted by molar-refractivity contribution is 5.81. The molecule has 0 radical (unpaired) electrons. The monoisotopic (exact) mass is 297 g/mol. The standard InChI is InChI=1S/C16H24FNO3/c1-6-16(4,5)18-15(20)11(3)21-14-8-7-12(10(2)19)9-13(14)17/h7-11,19H,6H2,1-5H3,(H,18,20)/t10-,11?/m1/s1. The molecule has 1 aromatic rings. The Morgan fingerprint density at radius 3 is 2.52 bits per heavy atom. The lowest BCUT2D eigenvalue weighted by Crippen LogP contribution is -2.48. The molecule has 4 nitrogen and oxygen atoms in total. The molecule has 0 saturated heterocycles. The van der Waals surface area contributed by atoms with Crippen LogP contribution < -0.4 is 10.1 Å². The summed E-state index contributed by atoms with van der Waals surface area (Å²) in [7, 11) is 0. The number of rotatable bonds is 6. The molecule has 0 heterocycles. The number of carbonyl (C=O) groups excluding carboxylic acids is 1. The van der Waals surface area contributed by atoms with Crippen LogP contribution in [0, 0.1) is 5.82 Å². The number of aliphatic hydroxyl groups is 1. The van der Waals surface area contributed by atoms with Gasteiger partial charge in [-0.1, -0.05) is 13.0 Å². The van der Waals surface area contributed by atoms with Gasteiger partial charge >= 0.3 is 0 Å². The van der Waals surface area contributed by atoms with E-state index in [4.69, 9.17) is 4.74 Å². The first-order valence-corrected chi connectivity index (χ1v) is 7.12. The first-order valence-electron chi connectivity index (χ1n) is 7.12. The maximum Gasteiger partial charge on any atom is 0.261 e. The fraction of sp³-hybridized carbons (Fsp3) is 0.562. The molecular weight excluding hydrogens is 273 g/mol. The summed E-state index contributed by atoms with van der Waals surface area (Å²) in [5.41, 5.74) is 0.132. The number of carbonyl (C=O) groups is 1. The van der Waals surface area contributed by atoms with Gasteiger partial charge in [0.25, 0.3) is 5.91 Å². The zero-order chi connectivity index (χ0) is 16.2. The zero-order valence-electron chi connectivity index (χ0n) is 13.2. The Bertz CT molecular complexity index is 500. The van der Waals surface area contributed by atoms with Gasteiger partial charge in [-0.05, 0) is 51.8 Å². The normalized spacial score (nSPS) is 14.4. The van der Waals surface area contributed by atoms with Crippen molar-refractivity contribution in [2.24, 2.45) is 0 Å². The van der Waals surface area contributed by atoms with Crippen molar-refractivity contribution in [1.29, 1.82) is 0 Å². The number of nitrogens with one attached hydrogen (secondary N) is 1. The summed E-state index contributed by atoms with van der Waals surface area (Å²) in [5.74, 6) is -0.889. The van der Waals surface area contributed by atoms with E-state index < -0.39 is 18.0 Å². The van der Waals surface area contributed by atoms with Gasteiger partial charge in [-0.15, -0.1) is 0 Å². The highest BCUT2D eigenvalue weighted by atomic mass is 19.1. The zero-order valence-corrected chi connectivity index (χ0v) is 13.2. The van der Waals surface area contributed by atoms with Crippen molar-refractivity contribution in [2.45, 2.75) is 58.8 Å². The minimum Gasteiger partial charge on any atom is -0.478 e. The van der Waals surface area contributed by atoms with Crippen LogP contribution in [-0.2, 0) is 4.79 Å². The molecule has 2 atom stereocenters. The maximum absolute atomic E-state index is 13.9. The molecule has 0 aliphatic carbocycles. The van der Waals surface area contributed by atoms with Crippen LogP contribution in [0.15, 0.2) is 18.2 Å². The smallest absolute Gasteiger partial charge is 0.261 e. The van der Waals surface area contributed by atoms with Crippen LogP contribution in [0.2, 0.25) is 0 Å². The molecule has 5 heteroatoms. The second-order valence-corrected chi connectivity index (χ2v) is 5.85. The van der Waals surface area contributed by atoms with E-state index in [0.717, 1.165) is 6.42 Å². The SMILES string of the molecule is CCC(C)(C)NC(=O)C(C)Oc1ccc([C@@H](C)O)cc1F. The van der Waals surface area contributed by atoms with Crippen molar-refractivity contribution in [3.8, 4) is 5.75 Å². The third kappa shape index (κ3) is 5.01. The predicted molar refractivity (Wildman–Crippen MR) is 79.6 cm³/mol. The third-order valence-corrected chi connectivity index (χ3v) is 3.46. The maximum atomic E-state index is 13.9. The van der Waals surface area contributed by atoms with Crippen molar-refractivity contribution in [3.63, 3.8) is 0 Å². The molecule has 0 aliphatic rings. The Labute approximate surface area is 125 Å². The fourth-order valence-electron chi connectivity index (χ4n) is 1.64. The molecule has 1 aromatic carbocycles. The molecule has 21 heavy (non-hydrogen) atoms. The van der Waals surface area contributed by atoms with E-state index in [-0.39, 0.29) is 17.2 Å². The quantitative estimate of drug-likeness (QED) is 0.848. The van der Waals surface area contributed by atoms with Crippen LogP contribution in [0.4, 0.5) is 4.39 Å². The summed E-state index contributed by atoms with van der Waals surface area (Å²) < 4.78 is 19.2. The second kappa shape index (κ2) is 6.89. The van der Waals surface area contributed by atoms with Crippen LogP contribution in [0.25, 0.3) is 0 Å². The summed E-state index contributed by atoms with van der Waals surface area (Å²) in [6.45, 7) is 8.92. The van der Waals surface area contributed by atoms with Gasteiger partial charge in [0.2, 0.25) is 0 Å². The van der Waals surface area contributed by atoms with Gasteiger partial charge in [0, 0.05) is 5.54 Å². The molecule has 118 valence electrons. The average Bonchev–Trinajstić information content (AvgIpc) is 2.40. The largest absolute Gasteiger partial charge is 0.478 e. The van der Waals surface area contributed by atoms with Crippen molar-refractivity contribution in [1.82, 2.24) is 5.32 Å². The van der Waals surface area contributed by atoms with Crippen LogP contribution in [-0.4, -0.2) is 22.7 Å². The highest BCUT2D eigenvalue weighted by Crippen LogP contribution is 2.23. The van der Waals surface area contributed by atoms with E-state index >= 15 is 0 Å². The number of hydrogen-bond acceptors (Lipinski definition) is 3. The van der Waals surface area contributed by atoms with Crippen LogP contribution >= 0.6 is 0 Å². The first-order chi connectivity index (χ1) is 9.66. The van der Waals surface area contributed by atoms with Gasteiger partial charge in [-0.2, -0.15) is 0 Å².